The van der Waals surface area contributed by atoms with Gasteiger partial charge in [0.25, 0.3) is 0 Å². The van der Waals surface area contributed by atoms with Crippen molar-refractivity contribution in [3.05, 3.63) is 64.0 Å². The minimum Gasteiger partial charge on any atom is -0.491 e. The maximum atomic E-state index is 14.8. The molecule has 0 radical (unpaired) electrons. The van der Waals surface area contributed by atoms with Gasteiger partial charge in [-0.3, -0.25) is 9.47 Å². The van der Waals surface area contributed by atoms with Gasteiger partial charge in [0.15, 0.2) is 17.2 Å². The molecule has 9 nitrogen and oxygen atoms in total. The van der Waals surface area contributed by atoms with E-state index in [-0.39, 0.29) is 36.7 Å². The van der Waals surface area contributed by atoms with E-state index in [1.807, 2.05) is 19.9 Å². The Morgan fingerprint density at radius 1 is 1.09 bits per heavy atom. The molecule has 0 spiro atoms. The van der Waals surface area contributed by atoms with E-state index in [9.17, 15) is 13.6 Å². The third-order valence-corrected chi connectivity index (χ3v) is 6.04. The zero-order valence-electron chi connectivity index (χ0n) is 19.7. The molecule has 5 rings (SSSR count). The average Bonchev–Trinajstić information content (AvgIpc) is 3.31. The molecular formula is C24H26F2N6O3. The van der Waals surface area contributed by atoms with Crippen molar-refractivity contribution < 1.29 is 18.3 Å². The lowest BCUT2D eigenvalue weighted by atomic mass is 10.1. The first kappa shape index (κ1) is 23.3. The lowest BCUT2D eigenvalue weighted by Crippen LogP contribution is -2.44. The van der Waals surface area contributed by atoms with E-state index in [1.54, 1.807) is 13.1 Å². The van der Waals surface area contributed by atoms with Crippen molar-refractivity contribution in [1.29, 1.82) is 0 Å². The predicted molar refractivity (Wildman–Crippen MR) is 124 cm³/mol. The van der Waals surface area contributed by atoms with E-state index in [0.717, 1.165) is 23.2 Å². The van der Waals surface area contributed by atoms with Crippen LogP contribution in [0.3, 0.4) is 0 Å². The first-order chi connectivity index (χ1) is 16.9. The average molecular weight is 485 g/mol. The fourth-order valence-corrected chi connectivity index (χ4v) is 4.68. The summed E-state index contributed by atoms with van der Waals surface area (Å²) in [7, 11) is 0. The minimum absolute atomic E-state index is 0.00372. The van der Waals surface area contributed by atoms with Gasteiger partial charge in [-0.15, -0.1) is 0 Å². The van der Waals surface area contributed by atoms with Crippen LogP contribution in [0.5, 0.6) is 5.75 Å². The SMILES string of the molecule is CCOc1ccc(Cn2c(=O)n3ncnc3c3cc(CN4CC(C)OC(C)C4)cnc32)c(F)c1F. The van der Waals surface area contributed by atoms with Crippen molar-refractivity contribution in [2.24, 2.45) is 0 Å². The Hall–Kier alpha value is -3.44. The predicted octanol–water partition coefficient (Wildman–Crippen LogP) is 2.77. The number of fused-ring (bicyclic) bond motifs is 3. The van der Waals surface area contributed by atoms with Gasteiger partial charge in [-0.25, -0.2) is 19.2 Å². The first-order valence-corrected chi connectivity index (χ1v) is 11.5. The lowest BCUT2D eigenvalue weighted by Gasteiger charge is -2.35. The van der Waals surface area contributed by atoms with Crippen LogP contribution in [0.15, 0.2) is 35.5 Å². The molecule has 1 aromatic carbocycles. The van der Waals surface area contributed by atoms with Crippen LogP contribution in [0.1, 0.15) is 31.9 Å². The number of benzene rings is 1. The summed E-state index contributed by atoms with van der Waals surface area (Å²) in [5, 5.41) is 4.64. The monoisotopic (exact) mass is 484 g/mol. The molecule has 0 saturated carbocycles. The highest BCUT2D eigenvalue weighted by Crippen LogP contribution is 2.25. The molecule has 1 saturated heterocycles. The number of halogens is 2. The second-order valence-corrected chi connectivity index (χ2v) is 8.81. The largest absolute Gasteiger partial charge is 0.491 e. The van der Waals surface area contributed by atoms with Crippen molar-refractivity contribution in [3.63, 3.8) is 0 Å². The molecule has 0 N–H and O–H groups in total. The second kappa shape index (κ2) is 9.31. The Balaban J connectivity index is 1.56. The van der Waals surface area contributed by atoms with Gasteiger partial charge in [0.2, 0.25) is 5.82 Å². The highest BCUT2D eigenvalue weighted by molar-refractivity contribution is 5.89. The van der Waals surface area contributed by atoms with Crippen LogP contribution in [0.4, 0.5) is 8.78 Å². The summed E-state index contributed by atoms with van der Waals surface area (Å²) in [6.45, 7) is 7.99. The lowest BCUT2D eigenvalue weighted by molar-refractivity contribution is -0.0705. The van der Waals surface area contributed by atoms with E-state index in [4.69, 9.17) is 9.47 Å². The summed E-state index contributed by atoms with van der Waals surface area (Å²) in [4.78, 5) is 24.3. The molecule has 4 heterocycles. The van der Waals surface area contributed by atoms with E-state index in [1.165, 1.54) is 23.0 Å². The Morgan fingerprint density at radius 3 is 2.60 bits per heavy atom. The maximum Gasteiger partial charge on any atom is 0.352 e. The standard InChI is InChI=1S/C24H26F2N6O3/c1-4-34-19-6-5-17(20(25)21(19)26)12-31-22-18(23-28-13-29-32(23)24(31)33)7-16(8-27-22)11-30-9-14(2)35-15(3)10-30/h5-8,13-15H,4,9-12H2,1-3H3. The highest BCUT2D eigenvalue weighted by Gasteiger charge is 2.23. The number of hydrogen-bond donors (Lipinski definition) is 0. The Labute approximate surface area is 199 Å². The summed E-state index contributed by atoms with van der Waals surface area (Å²) in [6, 6.07) is 4.68. The Kier molecular flexibility index (Phi) is 6.20. The highest BCUT2D eigenvalue weighted by atomic mass is 19.2. The topological polar surface area (TPSA) is 86.8 Å². The molecular weight excluding hydrogens is 458 g/mol. The number of pyridine rings is 1. The molecule has 1 aliphatic rings. The number of nitrogens with zero attached hydrogens (tertiary/aromatic N) is 6. The number of rotatable bonds is 6. The Morgan fingerprint density at radius 2 is 1.86 bits per heavy atom. The van der Waals surface area contributed by atoms with Crippen molar-refractivity contribution in [2.45, 2.75) is 46.1 Å². The van der Waals surface area contributed by atoms with E-state index < -0.39 is 17.3 Å². The van der Waals surface area contributed by atoms with Crippen LogP contribution in [-0.2, 0) is 17.8 Å². The fraction of sp³-hybridized carbons (Fsp3) is 0.417. The molecule has 3 aromatic heterocycles. The molecule has 0 aliphatic carbocycles. The van der Waals surface area contributed by atoms with Gasteiger partial charge in [0.1, 0.15) is 12.0 Å². The second-order valence-electron chi connectivity index (χ2n) is 8.81. The van der Waals surface area contributed by atoms with Crippen LogP contribution < -0.4 is 10.4 Å². The molecule has 184 valence electrons. The first-order valence-electron chi connectivity index (χ1n) is 11.5. The molecule has 4 aromatic rings. The van der Waals surface area contributed by atoms with Crippen LogP contribution in [0.2, 0.25) is 0 Å². The summed E-state index contributed by atoms with van der Waals surface area (Å²) in [6.07, 6.45) is 3.25. The van der Waals surface area contributed by atoms with Crippen LogP contribution >= 0.6 is 0 Å². The van der Waals surface area contributed by atoms with Gasteiger partial charge >= 0.3 is 5.69 Å². The number of ether oxygens (including phenoxy) is 2. The Bertz CT molecular complexity index is 1440. The third kappa shape index (κ3) is 4.37. The number of aromatic nitrogens is 5. The van der Waals surface area contributed by atoms with E-state index in [2.05, 4.69) is 20.0 Å². The van der Waals surface area contributed by atoms with Crippen molar-refractivity contribution in [1.82, 2.24) is 29.0 Å². The van der Waals surface area contributed by atoms with Gasteiger partial charge in [0.05, 0.1) is 30.7 Å². The maximum absolute atomic E-state index is 14.8. The van der Waals surface area contributed by atoms with Gasteiger partial charge in [0, 0.05) is 31.4 Å². The number of morpholine rings is 1. The van der Waals surface area contributed by atoms with Crippen molar-refractivity contribution in [2.75, 3.05) is 19.7 Å². The van der Waals surface area contributed by atoms with Crippen LogP contribution in [0, 0.1) is 11.6 Å². The number of hydrogen-bond acceptors (Lipinski definition) is 7. The molecule has 35 heavy (non-hydrogen) atoms. The zero-order chi connectivity index (χ0) is 24.7. The molecule has 11 heteroatoms. The summed E-state index contributed by atoms with van der Waals surface area (Å²) in [5.41, 5.74) is 1.06. The van der Waals surface area contributed by atoms with Crippen LogP contribution in [-0.4, -0.2) is 61.0 Å². The van der Waals surface area contributed by atoms with Crippen LogP contribution in [0.25, 0.3) is 16.7 Å². The van der Waals surface area contributed by atoms with Crippen molar-refractivity contribution >= 4 is 16.7 Å². The molecule has 1 fully saturated rings. The molecule has 2 unspecified atom stereocenters. The summed E-state index contributed by atoms with van der Waals surface area (Å²) >= 11 is 0. The zero-order valence-corrected chi connectivity index (χ0v) is 19.7. The van der Waals surface area contributed by atoms with Gasteiger partial charge in [-0.1, -0.05) is 6.07 Å². The molecule has 1 aliphatic heterocycles. The molecule has 0 bridgehead atoms. The van der Waals surface area contributed by atoms with E-state index >= 15 is 0 Å². The normalized spacial score (nSPS) is 19.0. The fourth-order valence-electron chi connectivity index (χ4n) is 4.68. The third-order valence-electron chi connectivity index (χ3n) is 6.04. The smallest absolute Gasteiger partial charge is 0.352 e. The van der Waals surface area contributed by atoms with Gasteiger partial charge in [-0.05, 0) is 38.5 Å². The van der Waals surface area contributed by atoms with E-state index in [0.29, 0.717) is 23.2 Å². The minimum atomic E-state index is -1.09. The quantitative estimate of drug-likeness (QED) is 0.416. The summed E-state index contributed by atoms with van der Waals surface area (Å²) in [5.74, 6) is -2.33. The summed E-state index contributed by atoms with van der Waals surface area (Å²) < 4.78 is 42.6. The van der Waals surface area contributed by atoms with Gasteiger partial charge < -0.3 is 9.47 Å². The van der Waals surface area contributed by atoms with Gasteiger partial charge in [-0.2, -0.15) is 14.0 Å². The molecule has 2 atom stereocenters. The molecule has 0 amide bonds. The van der Waals surface area contributed by atoms with Crippen molar-refractivity contribution in [3.8, 4) is 5.75 Å².